The van der Waals surface area contributed by atoms with E-state index in [1.54, 1.807) is 0 Å². The molecule has 1 amide bonds. The third kappa shape index (κ3) is 3.50. The Bertz CT molecular complexity index is 187. The number of nitrogens with one attached hydrogen (secondary N) is 1. The lowest BCUT2D eigenvalue weighted by atomic mass is 10.3. The van der Waals surface area contributed by atoms with Crippen LogP contribution in [0.25, 0.3) is 0 Å². The lowest BCUT2D eigenvalue weighted by Gasteiger charge is -2.22. The van der Waals surface area contributed by atoms with Gasteiger partial charge in [0.2, 0.25) is 5.91 Å². The second-order valence-electron chi connectivity index (χ2n) is 3.70. The van der Waals surface area contributed by atoms with Gasteiger partial charge >= 0.3 is 0 Å². The molecule has 0 saturated carbocycles. The molecule has 1 N–H and O–H groups in total. The Kier molecular flexibility index (Phi) is 5.33. The van der Waals surface area contributed by atoms with E-state index in [1.165, 1.54) is 0 Å². The molecule has 1 unspecified atom stereocenters. The largest absolute Gasteiger partial charge is 0.341 e. The van der Waals surface area contributed by atoms with E-state index in [9.17, 15) is 4.79 Å². The molecule has 0 aliphatic carbocycles. The topological polar surface area (TPSA) is 32.3 Å². The van der Waals surface area contributed by atoms with Crippen molar-refractivity contribution in [2.24, 2.45) is 0 Å². The molecule has 1 saturated heterocycles. The molecule has 0 aromatic heterocycles. The maximum absolute atomic E-state index is 11.8. The number of carbonyl (C=O) groups is 1. The summed E-state index contributed by atoms with van der Waals surface area (Å²) in [5.74, 6) is 1.41. The van der Waals surface area contributed by atoms with Gasteiger partial charge in [0.1, 0.15) is 0 Å². The summed E-state index contributed by atoms with van der Waals surface area (Å²) in [6, 6.07) is 0.00628. The van der Waals surface area contributed by atoms with E-state index in [2.05, 4.69) is 11.6 Å². The number of hydrogen-bond acceptors (Lipinski definition) is 3. The number of hydrogen-bond donors (Lipinski definition) is 1. The van der Waals surface area contributed by atoms with Gasteiger partial charge in [0, 0.05) is 13.1 Å². The van der Waals surface area contributed by atoms with Gasteiger partial charge in [-0.25, -0.2) is 0 Å². The SMILES string of the molecule is CSCCCN1CCCNC(C)C1=O. The highest BCUT2D eigenvalue weighted by atomic mass is 32.2. The fourth-order valence-corrected chi connectivity index (χ4v) is 2.10. The summed E-state index contributed by atoms with van der Waals surface area (Å²) in [5, 5.41) is 3.22. The van der Waals surface area contributed by atoms with E-state index in [4.69, 9.17) is 0 Å². The molecule has 1 atom stereocenters. The van der Waals surface area contributed by atoms with Crippen molar-refractivity contribution in [3.05, 3.63) is 0 Å². The molecule has 4 heteroatoms. The number of rotatable bonds is 4. The van der Waals surface area contributed by atoms with Crippen LogP contribution in [0.3, 0.4) is 0 Å². The zero-order valence-corrected chi connectivity index (χ0v) is 9.90. The first-order valence-electron chi connectivity index (χ1n) is 5.27. The summed E-state index contributed by atoms with van der Waals surface area (Å²) in [4.78, 5) is 13.8. The van der Waals surface area contributed by atoms with Crippen molar-refractivity contribution in [3.8, 4) is 0 Å². The van der Waals surface area contributed by atoms with E-state index in [-0.39, 0.29) is 11.9 Å². The summed E-state index contributed by atoms with van der Waals surface area (Å²) in [5.41, 5.74) is 0. The molecule has 3 nitrogen and oxygen atoms in total. The van der Waals surface area contributed by atoms with Crippen LogP contribution in [0.15, 0.2) is 0 Å². The average molecular weight is 216 g/mol. The van der Waals surface area contributed by atoms with Gasteiger partial charge in [0.15, 0.2) is 0 Å². The molecule has 0 spiro atoms. The minimum Gasteiger partial charge on any atom is -0.341 e. The molecule has 1 fully saturated rings. The fourth-order valence-electron chi connectivity index (χ4n) is 1.68. The zero-order valence-electron chi connectivity index (χ0n) is 9.08. The van der Waals surface area contributed by atoms with Crippen molar-refractivity contribution < 1.29 is 4.79 Å². The third-order valence-electron chi connectivity index (χ3n) is 2.51. The predicted octanol–water partition coefficient (Wildman–Crippen LogP) is 0.950. The van der Waals surface area contributed by atoms with Crippen LogP contribution in [0.5, 0.6) is 0 Å². The standard InChI is InChI=1S/C10H20N2OS/c1-9-10(13)12(6-3-5-11-9)7-4-8-14-2/h9,11H,3-8H2,1-2H3. The van der Waals surface area contributed by atoms with Gasteiger partial charge in [-0.15, -0.1) is 0 Å². The van der Waals surface area contributed by atoms with Gasteiger partial charge in [0.05, 0.1) is 6.04 Å². The predicted molar refractivity (Wildman–Crippen MR) is 61.7 cm³/mol. The molecule has 0 radical (unpaired) electrons. The van der Waals surface area contributed by atoms with Crippen molar-refractivity contribution in [1.82, 2.24) is 10.2 Å². The third-order valence-corrected chi connectivity index (χ3v) is 3.21. The quantitative estimate of drug-likeness (QED) is 0.710. The van der Waals surface area contributed by atoms with E-state index in [0.717, 1.165) is 38.2 Å². The second kappa shape index (κ2) is 6.30. The fraction of sp³-hybridized carbons (Fsp3) is 0.900. The van der Waals surface area contributed by atoms with Crippen molar-refractivity contribution in [2.75, 3.05) is 31.6 Å². The Balaban J connectivity index is 2.36. The Morgan fingerprint density at radius 3 is 3.14 bits per heavy atom. The minimum absolute atomic E-state index is 0.00628. The van der Waals surface area contributed by atoms with Gasteiger partial charge in [-0.05, 0) is 38.3 Å². The first-order chi connectivity index (χ1) is 6.75. The van der Waals surface area contributed by atoms with E-state index < -0.39 is 0 Å². The Morgan fingerprint density at radius 1 is 1.64 bits per heavy atom. The van der Waals surface area contributed by atoms with Crippen molar-refractivity contribution in [2.45, 2.75) is 25.8 Å². The maximum atomic E-state index is 11.8. The molecule has 0 aromatic rings. The molecule has 82 valence electrons. The molecular weight excluding hydrogens is 196 g/mol. The first kappa shape index (κ1) is 11.9. The van der Waals surface area contributed by atoms with Gasteiger partial charge in [-0.1, -0.05) is 0 Å². The monoisotopic (exact) mass is 216 g/mol. The molecule has 1 aliphatic rings. The highest BCUT2D eigenvalue weighted by molar-refractivity contribution is 7.98. The van der Waals surface area contributed by atoms with Crippen LogP contribution in [0, 0.1) is 0 Å². The summed E-state index contributed by atoms with van der Waals surface area (Å²) < 4.78 is 0. The molecular formula is C10H20N2OS. The highest BCUT2D eigenvalue weighted by Crippen LogP contribution is 2.05. The van der Waals surface area contributed by atoms with Gasteiger partial charge in [-0.3, -0.25) is 4.79 Å². The van der Waals surface area contributed by atoms with Gasteiger partial charge in [0.25, 0.3) is 0 Å². The number of carbonyl (C=O) groups excluding carboxylic acids is 1. The highest BCUT2D eigenvalue weighted by Gasteiger charge is 2.21. The number of thioether (sulfide) groups is 1. The minimum atomic E-state index is 0.00628. The lowest BCUT2D eigenvalue weighted by molar-refractivity contribution is -0.132. The zero-order chi connectivity index (χ0) is 10.4. The van der Waals surface area contributed by atoms with Crippen LogP contribution in [0.1, 0.15) is 19.8 Å². The van der Waals surface area contributed by atoms with Crippen molar-refractivity contribution >= 4 is 17.7 Å². The summed E-state index contributed by atoms with van der Waals surface area (Å²) in [7, 11) is 0. The molecule has 1 heterocycles. The summed E-state index contributed by atoms with van der Waals surface area (Å²) in [6.07, 6.45) is 4.30. The smallest absolute Gasteiger partial charge is 0.239 e. The summed E-state index contributed by atoms with van der Waals surface area (Å²) in [6.45, 7) is 4.76. The van der Waals surface area contributed by atoms with E-state index in [1.807, 2.05) is 23.6 Å². The van der Waals surface area contributed by atoms with Crippen LogP contribution < -0.4 is 5.32 Å². The van der Waals surface area contributed by atoms with Crippen LogP contribution in [0.2, 0.25) is 0 Å². The Hall–Kier alpha value is -0.220. The Morgan fingerprint density at radius 2 is 2.43 bits per heavy atom. The maximum Gasteiger partial charge on any atom is 0.239 e. The van der Waals surface area contributed by atoms with Gasteiger partial charge in [-0.2, -0.15) is 11.8 Å². The molecule has 0 aromatic carbocycles. The number of nitrogens with zero attached hydrogens (tertiary/aromatic N) is 1. The Labute approximate surface area is 90.6 Å². The van der Waals surface area contributed by atoms with Crippen LogP contribution in [0.4, 0.5) is 0 Å². The van der Waals surface area contributed by atoms with E-state index in [0.29, 0.717) is 0 Å². The van der Waals surface area contributed by atoms with Crippen molar-refractivity contribution in [1.29, 1.82) is 0 Å². The van der Waals surface area contributed by atoms with Crippen LogP contribution >= 0.6 is 11.8 Å². The van der Waals surface area contributed by atoms with E-state index >= 15 is 0 Å². The normalized spacial score (nSPS) is 23.7. The van der Waals surface area contributed by atoms with Crippen LogP contribution in [-0.2, 0) is 4.79 Å². The first-order valence-corrected chi connectivity index (χ1v) is 6.66. The lowest BCUT2D eigenvalue weighted by Crippen LogP contribution is -2.42. The molecule has 14 heavy (non-hydrogen) atoms. The molecule has 1 aliphatic heterocycles. The second-order valence-corrected chi connectivity index (χ2v) is 4.69. The molecule has 0 bridgehead atoms. The number of amides is 1. The van der Waals surface area contributed by atoms with Crippen molar-refractivity contribution in [3.63, 3.8) is 0 Å². The summed E-state index contributed by atoms with van der Waals surface area (Å²) >= 11 is 1.84. The van der Waals surface area contributed by atoms with Gasteiger partial charge < -0.3 is 10.2 Å². The van der Waals surface area contributed by atoms with Crippen LogP contribution in [-0.4, -0.2) is 48.5 Å². The average Bonchev–Trinajstić information content (AvgIpc) is 2.33. The molecule has 1 rings (SSSR count).